The number of rotatable bonds is 5. The van der Waals surface area contributed by atoms with Crippen LogP contribution in [0.5, 0.6) is 5.75 Å². The molecule has 5 nitrogen and oxygen atoms in total. The number of carbonyl (C=O) groups is 2. The monoisotopic (exact) mass is 353 g/mol. The summed E-state index contributed by atoms with van der Waals surface area (Å²) in [6.45, 7) is -0.437. The lowest BCUT2D eigenvalue weighted by Gasteiger charge is -2.08. The van der Waals surface area contributed by atoms with Gasteiger partial charge in [0, 0.05) is 5.69 Å². The topological polar surface area (TPSA) is 64.6 Å². The van der Waals surface area contributed by atoms with Gasteiger partial charge in [0.15, 0.2) is 6.61 Å². The molecule has 0 saturated heterocycles. The fourth-order valence-electron chi connectivity index (χ4n) is 1.74. The van der Waals surface area contributed by atoms with Crippen LogP contribution in [0, 0.1) is 0 Å². The van der Waals surface area contributed by atoms with Gasteiger partial charge in [0.1, 0.15) is 5.75 Å². The van der Waals surface area contributed by atoms with Crippen LogP contribution in [0.15, 0.2) is 42.5 Å². The van der Waals surface area contributed by atoms with Gasteiger partial charge in [-0.15, -0.1) is 0 Å². The number of methoxy groups -OCH3 is 1. The third-order valence-corrected chi connectivity index (χ3v) is 3.70. The van der Waals surface area contributed by atoms with E-state index >= 15 is 0 Å². The summed E-state index contributed by atoms with van der Waals surface area (Å²) in [4.78, 5) is 23.7. The van der Waals surface area contributed by atoms with Crippen molar-refractivity contribution in [1.82, 2.24) is 0 Å². The Balaban J connectivity index is 1.90. The molecule has 0 saturated carbocycles. The number of carbonyl (C=O) groups excluding carboxylic acids is 2. The maximum absolute atomic E-state index is 11.9. The van der Waals surface area contributed by atoms with Crippen molar-refractivity contribution < 1.29 is 19.1 Å². The number of benzene rings is 2. The third kappa shape index (κ3) is 4.61. The van der Waals surface area contributed by atoms with Crippen molar-refractivity contribution in [2.24, 2.45) is 0 Å². The molecular weight excluding hydrogens is 341 g/mol. The average molecular weight is 354 g/mol. The van der Waals surface area contributed by atoms with Crippen molar-refractivity contribution in [3.05, 3.63) is 58.1 Å². The predicted octanol–water partition coefficient (Wildman–Crippen LogP) is 3.80. The molecule has 0 spiro atoms. The summed E-state index contributed by atoms with van der Waals surface area (Å²) in [5.41, 5.74) is 0.670. The number of amides is 1. The highest BCUT2D eigenvalue weighted by Crippen LogP contribution is 2.26. The van der Waals surface area contributed by atoms with E-state index in [-0.39, 0.29) is 15.6 Å². The summed E-state index contributed by atoms with van der Waals surface area (Å²) in [5, 5.41) is 2.93. The molecule has 0 aliphatic heterocycles. The zero-order valence-electron chi connectivity index (χ0n) is 12.1. The standard InChI is InChI=1S/C16H13Cl2NO4/c1-22-11-7-5-10(6-8-11)19-14(20)9-23-16(21)12-3-2-4-13(17)15(12)18/h2-8H,9H2,1H3,(H,19,20). The second-order valence-electron chi connectivity index (χ2n) is 4.45. The van der Waals surface area contributed by atoms with Gasteiger partial charge >= 0.3 is 5.97 Å². The van der Waals surface area contributed by atoms with Crippen LogP contribution >= 0.6 is 23.2 Å². The molecule has 0 fully saturated rings. The molecule has 0 radical (unpaired) electrons. The van der Waals surface area contributed by atoms with Crippen LogP contribution in [0.3, 0.4) is 0 Å². The molecular formula is C16H13Cl2NO4. The summed E-state index contributed by atoms with van der Waals surface area (Å²) in [7, 11) is 1.55. The van der Waals surface area contributed by atoms with Crippen LogP contribution in [0.25, 0.3) is 0 Å². The zero-order valence-corrected chi connectivity index (χ0v) is 13.6. The number of hydrogen-bond acceptors (Lipinski definition) is 4. The lowest BCUT2D eigenvalue weighted by Crippen LogP contribution is -2.21. The van der Waals surface area contributed by atoms with Crippen LogP contribution in [0.4, 0.5) is 5.69 Å². The van der Waals surface area contributed by atoms with Gasteiger partial charge in [0.2, 0.25) is 0 Å². The highest BCUT2D eigenvalue weighted by Gasteiger charge is 2.15. The van der Waals surface area contributed by atoms with Gasteiger partial charge in [-0.1, -0.05) is 29.3 Å². The number of halogens is 2. The highest BCUT2D eigenvalue weighted by atomic mass is 35.5. The average Bonchev–Trinajstić information content (AvgIpc) is 2.56. The van der Waals surface area contributed by atoms with Gasteiger partial charge in [-0.3, -0.25) is 4.79 Å². The molecule has 0 aliphatic carbocycles. The molecule has 0 bridgehead atoms. The molecule has 2 aromatic rings. The largest absolute Gasteiger partial charge is 0.497 e. The van der Waals surface area contributed by atoms with E-state index in [9.17, 15) is 9.59 Å². The molecule has 0 heterocycles. The molecule has 0 aromatic heterocycles. The molecule has 7 heteroatoms. The molecule has 120 valence electrons. The van der Waals surface area contributed by atoms with Gasteiger partial charge < -0.3 is 14.8 Å². The van der Waals surface area contributed by atoms with Gasteiger partial charge in [-0.05, 0) is 36.4 Å². The number of nitrogens with one attached hydrogen (secondary N) is 1. The predicted molar refractivity (Wildman–Crippen MR) is 88.4 cm³/mol. The lowest BCUT2D eigenvalue weighted by atomic mass is 10.2. The van der Waals surface area contributed by atoms with E-state index in [0.717, 1.165) is 0 Å². The SMILES string of the molecule is COc1ccc(NC(=O)COC(=O)c2cccc(Cl)c2Cl)cc1. The van der Waals surface area contributed by atoms with Crippen molar-refractivity contribution in [3.8, 4) is 5.75 Å². The first-order chi connectivity index (χ1) is 11.0. The van der Waals surface area contributed by atoms with E-state index in [4.69, 9.17) is 32.7 Å². The van der Waals surface area contributed by atoms with Crippen LogP contribution in [-0.2, 0) is 9.53 Å². The molecule has 2 aromatic carbocycles. The molecule has 0 aliphatic rings. The van der Waals surface area contributed by atoms with Crippen molar-refractivity contribution in [2.45, 2.75) is 0 Å². The number of esters is 1. The van der Waals surface area contributed by atoms with Crippen molar-refractivity contribution >= 4 is 40.8 Å². The minimum Gasteiger partial charge on any atom is -0.497 e. The minimum atomic E-state index is -0.720. The number of anilines is 1. The molecule has 23 heavy (non-hydrogen) atoms. The molecule has 0 unspecified atom stereocenters. The summed E-state index contributed by atoms with van der Waals surface area (Å²) in [6.07, 6.45) is 0. The Morgan fingerprint density at radius 1 is 1.09 bits per heavy atom. The first-order valence-electron chi connectivity index (χ1n) is 6.56. The Labute approximate surface area is 143 Å². The Bertz CT molecular complexity index is 717. The lowest BCUT2D eigenvalue weighted by molar-refractivity contribution is -0.119. The fourth-order valence-corrected chi connectivity index (χ4v) is 2.12. The van der Waals surface area contributed by atoms with E-state index in [1.807, 2.05) is 0 Å². The summed E-state index contributed by atoms with van der Waals surface area (Å²) in [6, 6.07) is 11.3. The van der Waals surface area contributed by atoms with Crippen LogP contribution < -0.4 is 10.1 Å². The Hall–Kier alpha value is -2.24. The number of hydrogen-bond donors (Lipinski definition) is 1. The fraction of sp³-hybridized carbons (Fsp3) is 0.125. The summed E-state index contributed by atoms with van der Waals surface area (Å²) < 4.78 is 9.94. The van der Waals surface area contributed by atoms with E-state index in [0.29, 0.717) is 11.4 Å². The minimum absolute atomic E-state index is 0.0923. The zero-order chi connectivity index (χ0) is 16.8. The molecule has 0 atom stereocenters. The Morgan fingerprint density at radius 3 is 2.43 bits per heavy atom. The van der Waals surface area contributed by atoms with Crippen molar-refractivity contribution in [1.29, 1.82) is 0 Å². The maximum atomic E-state index is 11.9. The van der Waals surface area contributed by atoms with Gasteiger partial charge in [-0.2, -0.15) is 0 Å². The Morgan fingerprint density at radius 2 is 1.78 bits per heavy atom. The van der Waals surface area contributed by atoms with Crippen molar-refractivity contribution in [3.63, 3.8) is 0 Å². The third-order valence-electron chi connectivity index (χ3n) is 2.88. The van der Waals surface area contributed by atoms with E-state index in [1.165, 1.54) is 6.07 Å². The van der Waals surface area contributed by atoms with Gasteiger partial charge in [0.25, 0.3) is 5.91 Å². The quantitative estimate of drug-likeness (QED) is 0.830. The van der Waals surface area contributed by atoms with Crippen molar-refractivity contribution in [2.75, 3.05) is 19.0 Å². The highest BCUT2D eigenvalue weighted by molar-refractivity contribution is 6.43. The second-order valence-corrected chi connectivity index (χ2v) is 5.24. The van der Waals surface area contributed by atoms with Gasteiger partial charge in [0.05, 0.1) is 22.7 Å². The normalized spacial score (nSPS) is 10.0. The van der Waals surface area contributed by atoms with E-state index in [2.05, 4.69) is 5.32 Å². The molecule has 1 N–H and O–H groups in total. The second kappa shape index (κ2) is 7.85. The first kappa shape index (κ1) is 17.1. The van der Waals surface area contributed by atoms with Crippen LogP contribution in [-0.4, -0.2) is 25.6 Å². The van der Waals surface area contributed by atoms with Crippen LogP contribution in [0.2, 0.25) is 10.0 Å². The summed E-state index contributed by atoms with van der Waals surface area (Å²) >= 11 is 11.7. The van der Waals surface area contributed by atoms with Crippen LogP contribution in [0.1, 0.15) is 10.4 Å². The van der Waals surface area contributed by atoms with Gasteiger partial charge in [-0.25, -0.2) is 4.79 Å². The number of ether oxygens (including phenoxy) is 2. The maximum Gasteiger partial charge on any atom is 0.340 e. The van der Waals surface area contributed by atoms with E-state index in [1.54, 1.807) is 43.5 Å². The first-order valence-corrected chi connectivity index (χ1v) is 7.32. The molecule has 1 amide bonds. The Kier molecular flexibility index (Phi) is 5.84. The smallest absolute Gasteiger partial charge is 0.340 e. The van der Waals surface area contributed by atoms with E-state index < -0.39 is 18.5 Å². The molecule has 2 rings (SSSR count). The summed E-state index contributed by atoms with van der Waals surface area (Å²) in [5.74, 6) is -0.519.